The number of carbonyl (C=O) groups is 2. The smallest absolute Gasteiger partial charge is 0.228 e. The van der Waals surface area contributed by atoms with E-state index >= 15 is 0 Å². The quantitative estimate of drug-likeness (QED) is 0.759. The molecule has 0 N–H and O–H groups in total. The zero-order valence-corrected chi connectivity index (χ0v) is 17.1. The molecule has 158 valence electrons. The van der Waals surface area contributed by atoms with Crippen molar-refractivity contribution in [3.05, 3.63) is 59.9 Å². The van der Waals surface area contributed by atoms with Crippen LogP contribution < -0.4 is 9.64 Å². The molecule has 2 aliphatic rings. The maximum atomic E-state index is 13.1. The normalized spacial score (nSPS) is 19.3. The van der Waals surface area contributed by atoms with Gasteiger partial charge in [-0.05, 0) is 42.0 Å². The topological polar surface area (TPSA) is 53.1 Å². The standard InChI is InChI=1S/C23H26FN3O3/c1-30-21-8-2-17(3-9-21)15-27-16-18(14-22(27)28)23(29)26-12-10-25(11-13-26)20-6-4-19(24)5-7-20/h2-9,18H,10-16H2,1H3. The van der Waals surface area contributed by atoms with E-state index < -0.39 is 0 Å². The number of benzene rings is 2. The number of hydrogen-bond donors (Lipinski definition) is 0. The Morgan fingerprint density at radius 3 is 2.33 bits per heavy atom. The van der Waals surface area contributed by atoms with Crippen LogP contribution in [0.2, 0.25) is 0 Å². The van der Waals surface area contributed by atoms with Gasteiger partial charge in [0, 0.05) is 51.4 Å². The van der Waals surface area contributed by atoms with Crippen LogP contribution in [0.25, 0.3) is 0 Å². The van der Waals surface area contributed by atoms with Crippen molar-refractivity contribution >= 4 is 17.5 Å². The van der Waals surface area contributed by atoms with E-state index in [4.69, 9.17) is 4.74 Å². The van der Waals surface area contributed by atoms with E-state index in [0.717, 1.165) is 17.0 Å². The Morgan fingerprint density at radius 1 is 1.03 bits per heavy atom. The lowest BCUT2D eigenvalue weighted by Gasteiger charge is -2.37. The summed E-state index contributed by atoms with van der Waals surface area (Å²) in [6.45, 7) is 3.59. The number of methoxy groups -OCH3 is 1. The number of ether oxygens (including phenoxy) is 1. The van der Waals surface area contributed by atoms with Crippen molar-refractivity contribution < 1.29 is 18.7 Å². The Morgan fingerprint density at radius 2 is 1.70 bits per heavy atom. The lowest BCUT2D eigenvalue weighted by atomic mass is 10.1. The van der Waals surface area contributed by atoms with Crippen LogP contribution in [0.1, 0.15) is 12.0 Å². The highest BCUT2D eigenvalue weighted by molar-refractivity contribution is 5.89. The maximum absolute atomic E-state index is 13.1. The minimum absolute atomic E-state index is 0.0223. The number of amides is 2. The van der Waals surface area contributed by atoms with Gasteiger partial charge in [0.1, 0.15) is 11.6 Å². The fraction of sp³-hybridized carbons (Fsp3) is 0.391. The van der Waals surface area contributed by atoms with Crippen molar-refractivity contribution in [2.45, 2.75) is 13.0 Å². The van der Waals surface area contributed by atoms with E-state index in [1.54, 1.807) is 24.1 Å². The van der Waals surface area contributed by atoms with Gasteiger partial charge < -0.3 is 19.4 Å². The molecule has 2 saturated heterocycles. The van der Waals surface area contributed by atoms with E-state index in [9.17, 15) is 14.0 Å². The molecule has 0 aliphatic carbocycles. The van der Waals surface area contributed by atoms with Gasteiger partial charge in [-0.25, -0.2) is 4.39 Å². The first-order valence-electron chi connectivity index (χ1n) is 10.2. The van der Waals surface area contributed by atoms with E-state index in [1.165, 1.54) is 12.1 Å². The van der Waals surface area contributed by atoms with Crippen molar-refractivity contribution in [2.75, 3.05) is 44.7 Å². The Kier molecular flexibility index (Phi) is 5.88. The van der Waals surface area contributed by atoms with Gasteiger partial charge in [-0.15, -0.1) is 0 Å². The predicted molar refractivity (Wildman–Crippen MR) is 112 cm³/mol. The van der Waals surface area contributed by atoms with Crippen LogP contribution in [0.3, 0.4) is 0 Å². The van der Waals surface area contributed by atoms with E-state index in [0.29, 0.717) is 39.3 Å². The highest BCUT2D eigenvalue weighted by Crippen LogP contribution is 2.24. The fourth-order valence-corrected chi connectivity index (χ4v) is 4.14. The average molecular weight is 411 g/mol. The van der Waals surface area contributed by atoms with E-state index in [-0.39, 0.29) is 30.0 Å². The van der Waals surface area contributed by atoms with Crippen LogP contribution >= 0.6 is 0 Å². The molecule has 1 atom stereocenters. The number of halogens is 1. The van der Waals surface area contributed by atoms with Gasteiger partial charge in [-0.1, -0.05) is 12.1 Å². The van der Waals surface area contributed by atoms with Gasteiger partial charge in [0.25, 0.3) is 0 Å². The molecular formula is C23H26FN3O3. The summed E-state index contributed by atoms with van der Waals surface area (Å²) < 4.78 is 18.3. The summed E-state index contributed by atoms with van der Waals surface area (Å²) in [5.41, 5.74) is 1.98. The number of likely N-dealkylation sites (tertiary alicyclic amines) is 1. The zero-order valence-electron chi connectivity index (χ0n) is 17.1. The highest BCUT2D eigenvalue weighted by Gasteiger charge is 2.37. The largest absolute Gasteiger partial charge is 0.497 e. The average Bonchev–Trinajstić information content (AvgIpc) is 3.14. The third-order valence-electron chi connectivity index (χ3n) is 5.88. The maximum Gasteiger partial charge on any atom is 0.228 e. The highest BCUT2D eigenvalue weighted by atomic mass is 19.1. The number of nitrogens with zero attached hydrogens (tertiary/aromatic N) is 3. The third-order valence-corrected chi connectivity index (χ3v) is 5.88. The van der Waals surface area contributed by atoms with Crippen LogP contribution in [0.15, 0.2) is 48.5 Å². The Hall–Kier alpha value is -3.09. The number of piperazine rings is 1. The Labute approximate surface area is 175 Å². The van der Waals surface area contributed by atoms with Crippen LogP contribution in [0.4, 0.5) is 10.1 Å². The molecule has 2 aliphatic heterocycles. The minimum Gasteiger partial charge on any atom is -0.497 e. The Bertz CT molecular complexity index is 893. The Balaban J connectivity index is 1.30. The minimum atomic E-state index is -0.284. The SMILES string of the molecule is COc1ccc(CN2CC(C(=O)N3CCN(c4ccc(F)cc4)CC3)CC2=O)cc1. The molecule has 2 aromatic carbocycles. The molecule has 0 saturated carbocycles. The second-order valence-corrected chi connectivity index (χ2v) is 7.81. The molecule has 4 rings (SSSR count). The van der Waals surface area contributed by atoms with Crippen LogP contribution in [0, 0.1) is 11.7 Å². The molecule has 0 aromatic heterocycles. The van der Waals surface area contributed by atoms with Crippen molar-refractivity contribution in [3.8, 4) is 5.75 Å². The summed E-state index contributed by atoms with van der Waals surface area (Å²) in [6.07, 6.45) is 0.271. The van der Waals surface area contributed by atoms with Crippen LogP contribution in [-0.2, 0) is 16.1 Å². The number of hydrogen-bond acceptors (Lipinski definition) is 4. The zero-order chi connectivity index (χ0) is 21.1. The molecule has 0 spiro atoms. The first-order valence-corrected chi connectivity index (χ1v) is 10.2. The van der Waals surface area contributed by atoms with Crippen LogP contribution in [-0.4, -0.2) is 61.4 Å². The summed E-state index contributed by atoms with van der Waals surface area (Å²) in [5.74, 6) is 0.318. The van der Waals surface area contributed by atoms with Crippen molar-refractivity contribution in [1.82, 2.24) is 9.80 Å². The molecule has 0 radical (unpaired) electrons. The van der Waals surface area contributed by atoms with Gasteiger partial charge in [0.2, 0.25) is 11.8 Å². The number of carbonyl (C=O) groups excluding carboxylic acids is 2. The van der Waals surface area contributed by atoms with E-state index in [2.05, 4.69) is 4.90 Å². The summed E-state index contributed by atoms with van der Waals surface area (Å²) >= 11 is 0. The van der Waals surface area contributed by atoms with E-state index in [1.807, 2.05) is 29.2 Å². The van der Waals surface area contributed by atoms with Gasteiger partial charge in [-0.3, -0.25) is 9.59 Å². The fourth-order valence-electron chi connectivity index (χ4n) is 4.14. The molecule has 6 nitrogen and oxygen atoms in total. The lowest BCUT2D eigenvalue weighted by Crippen LogP contribution is -2.50. The third kappa shape index (κ3) is 4.40. The second kappa shape index (κ2) is 8.73. The first-order chi connectivity index (χ1) is 14.5. The molecule has 30 heavy (non-hydrogen) atoms. The number of anilines is 1. The van der Waals surface area contributed by atoms with Crippen molar-refractivity contribution in [3.63, 3.8) is 0 Å². The van der Waals surface area contributed by atoms with Gasteiger partial charge in [0.15, 0.2) is 0 Å². The lowest BCUT2D eigenvalue weighted by molar-refractivity contribution is -0.136. The van der Waals surface area contributed by atoms with Gasteiger partial charge in [-0.2, -0.15) is 0 Å². The van der Waals surface area contributed by atoms with Crippen LogP contribution in [0.5, 0.6) is 5.75 Å². The molecule has 0 bridgehead atoms. The number of rotatable bonds is 5. The molecule has 2 heterocycles. The molecule has 2 amide bonds. The molecule has 2 fully saturated rings. The summed E-state index contributed by atoms with van der Waals surface area (Å²) in [5, 5.41) is 0. The van der Waals surface area contributed by atoms with Crippen molar-refractivity contribution in [2.24, 2.45) is 5.92 Å². The summed E-state index contributed by atoms with van der Waals surface area (Å²) in [6, 6.07) is 14.1. The first kappa shape index (κ1) is 20.2. The van der Waals surface area contributed by atoms with Crippen molar-refractivity contribution in [1.29, 1.82) is 0 Å². The summed E-state index contributed by atoms with van der Waals surface area (Å²) in [7, 11) is 1.62. The molecule has 2 aromatic rings. The second-order valence-electron chi connectivity index (χ2n) is 7.81. The molecule has 1 unspecified atom stereocenters. The van der Waals surface area contributed by atoms with Gasteiger partial charge >= 0.3 is 0 Å². The predicted octanol–water partition coefficient (Wildman–Crippen LogP) is 2.53. The molecular weight excluding hydrogens is 385 g/mol. The summed E-state index contributed by atoms with van der Waals surface area (Å²) in [4.78, 5) is 31.2. The van der Waals surface area contributed by atoms with Gasteiger partial charge in [0.05, 0.1) is 13.0 Å². The monoisotopic (exact) mass is 411 g/mol. The molecule has 7 heteroatoms.